The van der Waals surface area contributed by atoms with Gasteiger partial charge in [-0.05, 0) is 49.4 Å². The molecule has 0 aliphatic carbocycles. The average molecular weight is 364 g/mol. The van der Waals surface area contributed by atoms with E-state index >= 15 is 0 Å². The van der Waals surface area contributed by atoms with Crippen molar-refractivity contribution in [3.8, 4) is 5.69 Å². The van der Waals surface area contributed by atoms with E-state index in [4.69, 9.17) is 11.6 Å². The number of fused-ring (bicyclic) bond motifs is 1. The van der Waals surface area contributed by atoms with Crippen LogP contribution in [0.5, 0.6) is 0 Å². The summed E-state index contributed by atoms with van der Waals surface area (Å²) in [7, 11) is 0. The quantitative estimate of drug-likeness (QED) is 0.558. The van der Waals surface area contributed by atoms with Gasteiger partial charge in [-0.15, -0.1) is 10.2 Å². The molecule has 4 rings (SSSR count). The van der Waals surface area contributed by atoms with Crippen LogP contribution in [-0.2, 0) is 0 Å². The van der Waals surface area contributed by atoms with Crippen molar-refractivity contribution in [2.45, 2.75) is 6.92 Å². The number of nitrogens with zero attached hydrogens (tertiary/aromatic N) is 4. The molecular formula is C19H14ClN5O. The summed E-state index contributed by atoms with van der Waals surface area (Å²) in [5.74, 6) is -0.326. The van der Waals surface area contributed by atoms with Gasteiger partial charge in [0.05, 0.1) is 11.3 Å². The van der Waals surface area contributed by atoms with Gasteiger partial charge in [0.2, 0.25) is 0 Å². The van der Waals surface area contributed by atoms with Crippen molar-refractivity contribution in [3.63, 3.8) is 0 Å². The molecule has 128 valence electrons. The maximum absolute atomic E-state index is 12.4. The molecule has 0 fully saturated rings. The number of pyridine rings is 1. The van der Waals surface area contributed by atoms with Gasteiger partial charge in [0, 0.05) is 11.9 Å². The second kappa shape index (κ2) is 6.57. The van der Waals surface area contributed by atoms with E-state index in [9.17, 15) is 4.79 Å². The fourth-order valence-corrected chi connectivity index (χ4v) is 2.74. The standard InChI is InChI=1S/C19H14ClN5O/c1-12-4-7-14(8-5-12)25-23-16-9-6-13(11-17(16)24-25)22-19(26)15-3-2-10-21-18(15)20/h2-11H,1H3,(H,22,26). The van der Waals surface area contributed by atoms with Crippen molar-refractivity contribution >= 4 is 34.2 Å². The lowest BCUT2D eigenvalue weighted by Gasteiger charge is -2.05. The van der Waals surface area contributed by atoms with Crippen LogP contribution >= 0.6 is 11.6 Å². The Kier molecular flexibility index (Phi) is 4.10. The largest absolute Gasteiger partial charge is 0.322 e. The minimum Gasteiger partial charge on any atom is -0.322 e. The topological polar surface area (TPSA) is 72.7 Å². The summed E-state index contributed by atoms with van der Waals surface area (Å²) < 4.78 is 0. The van der Waals surface area contributed by atoms with Crippen LogP contribution < -0.4 is 5.32 Å². The van der Waals surface area contributed by atoms with E-state index < -0.39 is 0 Å². The van der Waals surface area contributed by atoms with Crippen molar-refractivity contribution in [1.82, 2.24) is 20.0 Å². The lowest BCUT2D eigenvalue weighted by molar-refractivity contribution is 0.102. The van der Waals surface area contributed by atoms with E-state index in [1.54, 1.807) is 29.1 Å². The summed E-state index contributed by atoms with van der Waals surface area (Å²) in [6.07, 6.45) is 1.54. The molecule has 0 saturated carbocycles. The number of aromatic nitrogens is 4. The van der Waals surface area contributed by atoms with Crippen molar-refractivity contribution < 1.29 is 4.79 Å². The van der Waals surface area contributed by atoms with Gasteiger partial charge >= 0.3 is 0 Å². The molecule has 2 aromatic carbocycles. The number of carbonyl (C=O) groups excluding carboxylic acids is 1. The number of rotatable bonds is 3. The predicted molar refractivity (Wildman–Crippen MR) is 101 cm³/mol. The van der Waals surface area contributed by atoms with Crippen LogP contribution in [0.2, 0.25) is 5.15 Å². The summed E-state index contributed by atoms with van der Waals surface area (Å²) in [6, 6.07) is 16.6. The van der Waals surface area contributed by atoms with E-state index in [1.807, 2.05) is 37.3 Å². The number of amides is 1. The maximum atomic E-state index is 12.4. The summed E-state index contributed by atoms with van der Waals surface area (Å²) in [5, 5.41) is 11.9. The van der Waals surface area contributed by atoms with Crippen LogP contribution in [0.3, 0.4) is 0 Å². The minimum atomic E-state index is -0.326. The number of anilines is 1. The first-order valence-corrected chi connectivity index (χ1v) is 8.34. The van der Waals surface area contributed by atoms with E-state index in [-0.39, 0.29) is 11.1 Å². The van der Waals surface area contributed by atoms with Crippen LogP contribution in [0.1, 0.15) is 15.9 Å². The normalized spacial score (nSPS) is 10.8. The third-order valence-electron chi connectivity index (χ3n) is 3.91. The van der Waals surface area contributed by atoms with E-state index in [2.05, 4.69) is 20.5 Å². The van der Waals surface area contributed by atoms with E-state index in [1.165, 1.54) is 11.8 Å². The molecule has 0 aliphatic rings. The van der Waals surface area contributed by atoms with Gasteiger partial charge in [0.1, 0.15) is 16.2 Å². The zero-order chi connectivity index (χ0) is 18.1. The third-order valence-corrected chi connectivity index (χ3v) is 4.21. The summed E-state index contributed by atoms with van der Waals surface area (Å²) in [6.45, 7) is 2.03. The summed E-state index contributed by atoms with van der Waals surface area (Å²) >= 11 is 5.97. The zero-order valence-corrected chi connectivity index (χ0v) is 14.6. The Bertz CT molecular complexity index is 1100. The van der Waals surface area contributed by atoms with Gasteiger partial charge in [0.25, 0.3) is 5.91 Å². The number of nitrogens with one attached hydrogen (secondary N) is 1. The predicted octanol–water partition coefficient (Wildman–Crippen LogP) is 4.03. The van der Waals surface area contributed by atoms with Crippen molar-refractivity contribution in [2.24, 2.45) is 0 Å². The van der Waals surface area contributed by atoms with Gasteiger partial charge in [0.15, 0.2) is 0 Å². The molecule has 1 N–H and O–H groups in total. The van der Waals surface area contributed by atoms with Gasteiger partial charge < -0.3 is 5.32 Å². The molecule has 1 amide bonds. The van der Waals surface area contributed by atoms with E-state index in [0.717, 1.165) is 11.2 Å². The van der Waals surface area contributed by atoms with Crippen LogP contribution in [0.4, 0.5) is 5.69 Å². The smallest absolute Gasteiger partial charge is 0.258 e. The number of hydrogen-bond acceptors (Lipinski definition) is 4. The number of benzene rings is 2. The Morgan fingerprint density at radius 3 is 2.58 bits per heavy atom. The summed E-state index contributed by atoms with van der Waals surface area (Å²) in [5.41, 5.74) is 4.39. The lowest BCUT2D eigenvalue weighted by Crippen LogP contribution is -2.12. The zero-order valence-electron chi connectivity index (χ0n) is 13.8. The van der Waals surface area contributed by atoms with Gasteiger partial charge in [-0.1, -0.05) is 29.3 Å². The van der Waals surface area contributed by atoms with Crippen LogP contribution in [0, 0.1) is 6.92 Å². The molecule has 2 aromatic heterocycles. The Hall–Kier alpha value is -3.25. The highest BCUT2D eigenvalue weighted by molar-refractivity contribution is 6.33. The van der Waals surface area contributed by atoms with Gasteiger partial charge in [-0.2, -0.15) is 4.80 Å². The molecule has 0 atom stereocenters. The Balaban J connectivity index is 1.62. The van der Waals surface area contributed by atoms with Gasteiger partial charge in [-0.25, -0.2) is 4.98 Å². The first-order valence-electron chi connectivity index (χ1n) is 7.96. The highest BCUT2D eigenvalue weighted by Gasteiger charge is 2.12. The second-order valence-electron chi connectivity index (χ2n) is 5.82. The highest BCUT2D eigenvalue weighted by Crippen LogP contribution is 2.19. The summed E-state index contributed by atoms with van der Waals surface area (Å²) in [4.78, 5) is 17.8. The Morgan fingerprint density at radius 1 is 1.04 bits per heavy atom. The molecular weight excluding hydrogens is 350 g/mol. The molecule has 4 aromatic rings. The first kappa shape index (κ1) is 16.2. The average Bonchev–Trinajstić information content (AvgIpc) is 3.06. The fourth-order valence-electron chi connectivity index (χ4n) is 2.54. The number of aryl methyl sites for hydroxylation is 1. The number of hydrogen-bond donors (Lipinski definition) is 1. The SMILES string of the molecule is Cc1ccc(-n2nc3ccc(NC(=O)c4cccnc4Cl)cc3n2)cc1. The molecule has 0 aliphatic heterocycles. The van der Waals surface area contributed by atoms with Crippen LogP contribution in [0.15, 0.2) is 60.8 Å². The van der Waals surface area contributed by atoms with E-state index in [0.29, 0.717) is 16.8 Å². The molecule has 6 nitrogen and oxygen atoms in total. The monoisotopic (exact) mass is 363 g/mol. The molecule has 7 heteroatoms. The molecule has 26 heavy (non-hydrogen) atoms. The highest BCUT2D eigenvalue weighted by atomic mass is 35.5. The second-order valence-corrected chi connectivity index (χ2v) is 6.18. The van der Waals surface area contributed by atoms with Crippen molar-refractivity contribution in [1.29, 1.82) is 0 Å². The third kappa shape index (κ3) is 3.14. The molecule has 0 bridgehead atoms. The minimum absolute atomic E-state index is 0.163. The maximum Gasteiger partial charge on any atom is 0.258 e. The molecule has 2 heterocycles. The first-order chi connectivity index (χ1) is 12.6. The molecule has 0 spiro atoms. The van der Waals surface area contributed by atoms with Crippen molar-refractivity contribution in [2.75, 3.05) is 5.32 Å². The molecule has 0 radical (unpaired) electrons. The Labute approximate surface area is 154 Å². The van der Waals surface area contributed by atoms with Crippen LogP contribution in [-0.4, -0.2) is 25.9 Å². The lowest BCUT2D eigenvalue weighted by atomic mass is 10.2. The number of halogens is 1. The van der Waals surface area contributed by atoms with Gasteiger partial charge in [-0.3, -0.25) is 4.79 Å². The van der Waals surface area contributed by atoms with Crippen LogP contribution in [0.25, 0.3) is 16.7 Å². The number of carbonyl (C=O) groups is 1. The fraction of sp³-hybridized carbons (Fsp3) is 0.0526. The Morgan fingerprint density at radius 2 is 1.81 bits per heavy atom. The van der Waals surface area contributed by atoms with Crippen molar-refractivity contribution in [3.05, 3.63) is 77.1 Å². The molecule has 0 unspecified atom stereocenters. The molecule has 0 saturated heterocycles.